The van der Waals surface area contributed by atoms with Gasteiger partial charge in [0.15, 0.2) is 0 Å². The van der Waals surface area contributed by atoms with Crippen LogP contribution in [0.5, 0.6) is 0 Å². The summed E-state index contributed by atoms with van der Waals surface area (Å²) in [6.45, 7) is 5.54. The standard InChI is InChI=1S/C11H22N2O4/c1-4-17-8-7-13(3)11(16)12-6-5-9(2)10(14)15/h9H,4-8H2,1-3H3,(H,12,16)(H,14,15). The van der Waals surface area contributed by atoms with Crippen LogP contribution in [0.2, 0.25) is 0 Å². The van der Waals surface area contributed by atoms with E-state index in [4.69, 9.17) is 9.84 Å². The number of nitrogens with one attached hydrogen (secondary N) is 1. The maximum absolute atomic E-state index is 11.5. The second-order valence-electron chi connectivity index (χ2n) is 3.88. The van der Waals surface area contributed by atoms with E-state index in [9.17, 15) is 9.59 Å². The lowest BCUT2D eigenvalue weighted by Gasteiger charge is -2.18. The molecule has 0 radical (unpaired) electrons. The fourth-order valence-electron chi connectivity index (χ4n) is 1.10. The Kier molecular flexibility index (Phi) is 8.13. The Bertz CT molecular complexity index is 246. The maximum atomic E-state index is 11.5. The van der Waals surface area contributed by atoms with Crippen molar-refractivity contribution in [3.8, 4) is 0 Å². The third-order valence-electron chi connectivity index (χ3n) is 2.40. The van der Waals surface area contributed by atoms with Crippen LogP contribution in [0.3, 0.4) is 0 Å². The van der Waals surface area contributed by atoms with Crippen molar-refractivity contribution in [2.75, 3.05) is 33.4 Å². The number of hydrogen-bond donors (Lipinski definition) is 2. The highest BCUT2D eigenvalue weighted by atomic mass is 16.5. The van der Waals surface area contributed by atoms with Crippen LogP contribution in [0, 0.1) is 5.92 Å². The van der Waals surface area contributed by atoms with E-state index in [0.29, 0.717) is 32.7 Å². The SMILES string of the molecule is CCOCCN(C)C(=O)NCCC(C)C(=O)O. The van der Waals surface area contributed by atoms with Gasteiger partial charge >= 0.3 is 12.0 Å². The van der Waals surface area contributed by atoms with Gasteiger partial charge in [-0.1, -0.05) is 6.92 Å². The molecule has 0 rings (SSSR count). The van der Waals surface area contributed by atoms with Crippen LogP contribution >= 0.6 is 0 Å². The van der Waals surface area contributed by atoms with Gasteiger partial charge in [0, 0.05) is 26.7 Å². The van der Waals surface area contributed by atoms with Gasteiger partial charge in [0.05, 0.1) is 12.5 Å². The highest BCUT2D eigenvalue weighted by Gasteiger charge is 2.12. The second-order valence-corrected chi connectivity index (χ2v) is 3.88. The molecule has 100 valence electrons. The first kappa shape index (κ1) is 15.7. The number of ether oxygens (including phenoxy) is 1. The molecule has 0 bridgehead atoms. The van der Waals surface area contributed by atoms with E-state index in [1.807, 2.05) is 6.92 Å². The van der Waals surface area contributed by atoms with Crippen molar-refractivity contribution in [3.05, 3.63) is 0 Å². The van der Waals surface area contributed by atoms with Crippen molar-refractivity contribution in [1.82, 2.24) is 10.2 Å². The molecule has 0 aromatic carbocycles. The van der Waals surface area contributed by atoms with Gasteiger partial charge in [-0.15, -0.1) is 0 Å². The summed E-state index contributed by atoms with van der Waals surface area (Å²) < 4.78 is 5.13. The number of rotatable bonds is 8. The lowest BCUT2D eigenvalue weighted by Crippen LogP contribution is -2.40. The number of nitrogens with zero attached hydrogens (tertiary/aromatic N) is 1. The van der Waals surface area contributed by atoms with E-state index in [1.165, 1.54) is 4.90 Å². The summed E-state index contributed by atoms with van der Waals surface area (Å²) in [7, 11) is 1.68. The maximum Gasteiger partial charge on any atom is 0.317 e. The number of carboxylic acid groups (broad SMARTS) is 1. The van der Waals surface area contributed by atoms with E-state index in [1.54, 1.807) is 14.0 Å². The zero-order valence-corrected chi connectivity index (χ0v) is 10.7. The Labute approximate surface area is 102 Å². The molecular formula is C11H22N2O4. The minimum absolute atomic E-state index is 0.206. The first-order valence-electron chi connectivity index (χ1n) is 5.78. The Hall–Kier alpha value is -1.30. The van der Waals surface area contributed by atoms with Gasteiger partial charge in [0.25, 0.3) is 0 Å². The van der Waals surface area contributed by atoms with E-state index in [2.05, 4.69) is 5.32 Å². The van der Waals surface area contributed by atoms with Crippen molar-refractivity contribution in [2.45, 2.75) is 20.3 Å². The molecule has 1 unspecified atom stereocenters. The third-order valence-corrected chi connectivity index (χ3v) is 2.40. The van der Waals surface area contributed by atoms with Crippen molar-refractivity contribution in [2.24, 2.45) is 5.92 Å². The Morgan fingerprint density at radius 1 is 1.47 bits per heavy atom. The molecule has 0 spiro atoms. The number of urea groups is 1. The van der Waals surface area contributed by atoms with Crippen LogP contribution in [-0.4, -0.2) is 55.4 Å². The minimum atomic E-state index is -0.844. The lowest BCUT2D eigenvalue weighted by atomic mass is 10.1. The average molecular weight is 246 g/mol. The van der Waals surface area contributed by atoms with E-state index in [-0.39, 0.29) is 6.03 Å². The molecule has 0 saturated carbocycles. The molecule has 0 aliphatic heterocycles. The summed E-state index contributed by atoms with van der Waals surface area (Å²) in [6, 6.07) is -0.206. The van der Waals surface area contributed by atoms with Crippen molar-refractivity contribution < 1.29 is 19.4 Å². The number of carboxylic acids is 1. The van der Waals surface area contributed by atoms with Crippen LogP contribution in [0.4, 0.5) is 4.79 Å². The molecular weight excluding hydrogens is 224 g/mol. The first-order valence-corrected chi connectivity index (χ1v) is 5.78. The fraction of sp³-hybridized carbons (Fsp3) is 0.818. The van der Waals surface area contributed by atoms with Gasteiger partial charge in [0.1, 0.15) is 0 Å². The van der Waals surface area contributed by atoms with E-state index in [0.717, 1.165) is 0 Å². The molecule has 0 heterocycles. The molecule has 1 atom stereocenters. The molecule has 0 aliphatic carbocycles. The number of hydrogen-bond acceptors (Lipinski definition) is 3. The zero-order chi connectivity index (χ0) is 13.3. The molecule has 0 saturated heterocycles. The van der Waals surface area contributed by atoms with Crippen LogP contribution in [0.25, 0.3) is 0 Å². The fourth-order valence-corrected chi connectivity index (χ4v) is 1.10. The van der Waals surface area contributed by atoms with Crippen LogP contribution in [0.1, 0.15) is 20.3 Å². The number of likely N-dealkylation sites (N-methyl/N-ethyl adjacent to an activating group) is 1. The number of aliphatic carboxylic acids is 1. The summed E-state index contributed by atoms with van der Waals surface area (Å²) >= 11 is 0. The van der Waals surface area contributed by atoms with Gasteiger partial charge in [-0.3, -0.25) is 4.79 Å². The monoisotopic (exact) mass is 246 g/mol. The predicted octanol–water partition coefficient (Wildman–Crippen LogP) is 0.775. The predicted molar refractivity (Wildman–Crippen MR) is 63.9 cm³/mol. The summed E-state index contributed by atoms with van der Waals surface area (Å²) in [5, 5.41) is 11.3. The molecule has 0 fully saturated rings. The summed E-state index contributed by atoms with van der Waals surface area (Å²) in [5.74, 6) is -1.28. The molecule has 0 aliphatic rings. The highest BCUT2D eigenvalue weighted by molar-refractivity contribution is 5.74. The smallest absolute Gasteiger partial charge is 0.317 e. The summed E-state index contributed by atoms with van der Waals surface area (Å²) in [5.41, 5.74) is 0. The number of amides is 2. The Morgan fingerprint density at radius 2 is 2.12 bits per heavy atom. The number of carbonyl (C=O) groups is 2. The van der Waals surface area contributed by atoms with Crippen LogP contribution in [0.15, 0.2) is 0 Å². The quantitative estimate of drug-likeness (QED) is 0.620. The number of carbonyl (C=O) groups excluding carboxylic acids is 1. The largest absolute Gasteiger partial charge is 0.481 e. The molecule has 2 N–H and O–H groups in total. The zero-order valence-electron chi connectivity index (χ0n) is 10.7. The van der Waals surface area contributed by atoms with Crippen LogP contribution in [-0.2, 0) is 9.53 Å². The van der Waals surface area contributed by atoms with Gasteiger partial charge in [0.2, 0.25) is 0 Å². The first-order chi connectivity index (χ1) is 7.99. The van der Waals surface area contributed by atoms with E-state index < -0.39 is 11.9 Å². The van der Waals surface area contributed by atoms with Gasteiger partial charge < -0.3 is 20.1 Å². The summed E-state index contributed by atoms with van der Waals surface area (Å²) in [6.07, 6.45) is 0.431. The molecule has 0 aromatic heterocycles. The van der Waals surface area contributed by atoms with Crippen molar-refractivity contribution >= 4 is 12.0 Å². The van der Waals surface area contributed by atoms with Crippen molar-refractivity contribution in [1.29, 1.82) is 0 Å². The van der Waals surface area contributed by atoms with Gasteiger partial charge in [-0.05, 0) is 13.3 Å². The lowest BCUT2D eigenvalue weighted by molar-refractivity contribution is -0.141. The summed E-state index contributed by atoms with van der Waals surface area (Å²) in [4.78, 5) is 23.6. The molecule has 0 aromatic rings. The molecule has 6 nitrogen and oxygen atoms in total. The topological polar surface area (TPSA) is 78.9 Å². The average Bonchev–Trinajstić information content (AvgIpc) is 2.28. The molecule has 6 heteroatoms. The van der Waals surface area contributed by atoms with Crippen molar-refractivity contribution in [3.63, 3.8) is 0 Å². The normalized spacial score (nSPS) is 11.9. The second kappa shape index (κ2) is 8.81. The minimum Gasteiger partial charge on any atom is -0.481 e. The van der Waals surface area contributed by atoms with Gasteiger partial charge in [-0.25, -0.2) is 4.79 Å². The van der Waals surface area contributed by atoms with Gasteiger partial charge in [-0.2, -0.15) is 0 Å². The Balaban J connectivity index is 3.67. The molecule has 17 heavy (non-hydrogen) atoms. The van der Waals surface area contributed by atoms with E-state index >= 15 is 0 Å². The third kappa shape index (κ3) is 7.57. The van der Waals surface area contributed by atoms with Crippen LogP contribution < -0.4 is 5.32 Å². The Morgan fingerprint density at radius 3 is 2.65 bits per heavy atom. The highest BCUT2D eigenvalue weighted by Crippen LogP contribution is 1.99. The molecule has 2 amide bonds.